The third-order valence-corrected chi connectivity index (χ3v) is 2.04. The maximum atomic E-state index is 10.4. The topological polar surface area (TPSA) is 81.8 Å². The molecule has 5 amide bonds. The van der Waals surface area contributed by atoms with Crippen LogP contribution in [-0.4, -0.2) is 61.5 Å². The number of urea groups is 2. The Bertz CT molecular complexity index is 292. The molecular formula is C8H14N4O3. The van der Waals surface area contributed by atoms with Gasteiger partial charge in [0.25, 0.3) is 0 Å². The molecule has 0 aliphatic carbocycles. The fraction of sp³-hybridized carbons (Fsp3) is 0.625. The Morgan fingerprint density at radius 1 is 1.07 bits per heavy atom. The number of carbonyl (C=O) groups is 3. The van der Waals surface area contributed by atoms with Gasteiger partial charge in [0.15, 0.2) is 0 Å². The molecule has 0 aromatic carbocycles. The maximum absolute atomic E-state index is 10.4. The van der Waals surface area contributed by atoms with Crippen LogP contribution in [0.15, 0.2) is 0 Å². The second kappa shape index (κ2) is 4.63. The van der Waals surface area contributed by atoms with Gasteiger partial charge in [-0.3, -0.25) is 10.1 Å². The van der Waals surface area contributed by atoms with Crippen molar-refractivity contribution in [1.29, 1.82) is 0 Å². The fourth-order valence-corrected chi connectivity index (χ4v) is 1.11. The number of likely N-dealkylation sites (N-methyl/N-ethyl adjacent to an activating group) is 2. The number of nitrogens with one attached hydrogen (secondary N) is 2. The lowest BCUT2D eigenvalue weighted by molar-refractivity contribution is -0.118. The van der Waals surface area contributed by atoms with E-state index in [1.807, 2.05) is 0 Å². The van der Waals surface area contributed by atoms with Gasteiger partial charge in [0.05, 0.1) is 0 Å². The van der Waals surface area contributed by atoms with Crippen LogP contribution in [0, 0.1) is 0 Å². The van der Waals surface area contributed by atoms with Crippen LogP contribution < -0.4 is 10.6 Å². The van der Waals surface area contributed by atoms with Gasteiger partial charge in [0.2, 0.25) is 5.91 Å². The smallest absolute Gasteiger partial charge is 0.324 e. The van der Waals surface area contributed by atoms with Crippen LogP contribution >= 0.6 is 0 Å². The zero-order chi connectivity index (χ0) is 11.4. The highest BCUT2D eigenvalue weighted by molar-refractivity contribution is 6.01. The van der Waals surface area contributed by atoms with E-state index in [1.54, 1.807) is 19.0 Å². The van der Waals surface area contributed by atoms with Crippen LogP contribution in [0.5, 0.6) is 0 Å². The van der Waals surface area contributed by atoms with Gasteiger partial charge >= 0.3 is 12.1 Å². The molecule has 15 heavy (non-hydrogen) atoms. The highest BCUT2D eigenvalue weighted by atomic mass is 16.2. The van der Waals surface area contributed by atoms with Crippen LogP contribution in [0.3, 0.4) is 0 Å². The van der Waals surface area contributed by atoms with Crippen molar-refractivity contribution in [2.45, 2.75) is 0 Å². The van der Waals surface area contributed by atoms with Crippen LogP contribution in [0.2, 0.25) is 0 Å². The number of carbonyl (C=O) groups excluding carboxylic acids is 3. The molecule has 2 heterocycles. The molecule has 2 rings (SSSR count). The second-order valence-corrected chi connectivity index (χ2v) is 3.36. The predicted octanol–water partition coefficient (Wildman–Crippen LogP) is -1.19. The van der Waals surface area contributed by atoms with Gasteiger partial charge in [-0.25, -0.2) is 9.59 Å². The van der Waals surface area contributed by atoms with Crippen LogP contribution in [-0.2, 0) is 4.79 Å². The Morgan fingerprint density at radius 2 is 1.73 bits per heavy atom. The summed E-state index contributed by atoms with van der Waals surface area (Å²) in [5.74, 6) is -0.225. The Kier molecular flexibility index (Phi) is 3.48. The Morgan fingerprint density at radius 3 is 1.87 bits per heavy atom. The van der Waals surface area contributed by atoms with Gasteiger partial charge in [-0.1, -0.05) is 0 Å². The number of nitrogens with zero attached hydrogens (tertiary/aromatic N) is 2. The zero-order valence-corrected chi connectivity index (χ0v) is 8.74. The van der Waals surface area contributed by atoms with E-state index in [4.69, 9.17) is 0 Å². The summed E-state index contributed by atoms with van der Waals surface area (Å²) in [5.41, 5.74) is 0. The van der Waals surface area contributed by atoms with E-state index in [0.717, 1.165) is 13.1 Å². The first kappa shape index (κ1) is 11.3. The van der Waals surface area contributed by atoms with Crippen LogP contribution in [0.1, 0.15) is 0 Å². The van der Waals surface area contributed by atoms with Crippen molar-refractivity contribution in [3.05, 3.63) is 0 Å². The molecular weight excluding hydrogens is 200 g/mol. The average Bonchev–Trinajstić information content (AvgIpc) is 2.63. The Hall–Kier alpha value is -1.79. The molecule has 84 valence electrons. The fourth-order valence-electron chi connectivity index (χ4n) is 1.11. The molecule has 2 fully saturated rings. The standard InChI is InChI=1S/C4H6N2O2.C4H8N2O/c1-6-2-3(7)5-4(6)8;1-6-3-2-5-4(6)7/h2H2,1H3,(H,5,7,8);2-3H2,1H3,(H,5,7). The lowest BCUT2D eigenvalue weighted by Crippen LogP contribution is -2.24. The van der Waals surface area contributed by atoms with Crippen molar-refractivity contribution < 1.29 is 14.4 Å². The van der Waals surface area contributed by atoms with Crippen LogP contribution in [0.4, 0.5) is 9.59 Å². The number of hydrogen-bond acceptors (Lipinski definition) is 3. The van der Waals surface area contributed by atoms with Crippen LogP contribution in [0.25, 0.3) is 0 Å². The second-order valence-electron chi connectivity index (χ2n) is 3.36. The number of imide groups is 1. The van der Waals surface area contributed by atoms with Gasteiger partial charge in [-0.05, 0) is 0 Å². The summed E-state index contributed by atoms with van der Waals surface area (Å²) >= 11 is 0. The molecule has 7 nitrogen and oxygen atoms in total. The third kappa shape index (κ3) is 3.12. The van der Waals surface area contributed by atoms with Crippen molar-refractivity contribution in [3.8, 4) is 0 Å². The summed E-state index contributed by atoms with van der Waals surface area (Å²) in [6.45, 7) is 1.84. The minimum absolute atomic E-state index is 0.0417. The van der Waals surface area contributed by atoms with Crippen molar-refractivity contribution >= 4 is 18.0 Å². The Labute approximate surface area is 87.4 Å². The molecule has 0 atom stereocenters. The summed E-state index contributed by atoms with van der Waals surface area (Å²) in [6, 6.07) is -0.269. The van der Waals surface area contributed by atoms with Gasteiger partial charge in [0, 0.05) is 27.2 Å². The first-order valence-corrected chi connectivity index (χ1v) is 4.54. The van der Waals surface area contributed by atoms with Gasteiger partial charge in [0.1, 0.15) is 6.54 Å². The summed E-state index contributed by atoms with van der Waals surface area (Å²) in [6.07, 6.45) is 0. The molecule has 2 N–H and O–H groups in total. The number of rotatable bonds is 0. The molecule has 0 spiro atoms. The number of hydrogen-bond donors (Lipinski definition) is 2. The zero-order valence-electron chi connectivity index (χ0n) is 8.74. The van der Waals surface area contributed by atoms with E-state index < -0.39 is 0 Å². The SMILES string of the molecule is CN1CC(=O)NC1=O.CN1CCNC1=O. The van der Waals surface area contributed by atoms with Crippen molar-refractivity contribution in [3.63, 3.8) is 0 Å². The van der Waals surface area contributed by atoms with E-state index in [1.165, 1.54) is 4.90 Å². The lowest BCUT2D eigenvalue weighted by atomic mass is 10.6. The predicted molar refractivity (Wildman–Crippen MR) is 52.2 cm³/mol. The summed E-state index contributed by atoms with van der Waals surface area (Å²) in [5, 5.41) is 4.77. The summed E-state index contributed by atoms with van der Waals surface area (Å²) in [7, 11) is 3.35. The van der Waals surface area contributed by atoms with Gasteiger partial charge < -0.3 is 15.1 Å². The van der Waals surface area contributed by atoms with E-state index in [2.05, 4.69) is 10.6 Å². The van der Waals surface area contributed by atoms with E-state index in [0.29, 0.717) is 0 Å². The molecule has 2 saturated heterocycles. The molecule has 0 radical (unpaired) electrons. The number of amides is 5. The molecule has 0 aromatic rings. The first-order valence-electron chi connectivity index (χ1n) is 4.54. The molecule has 2 aliphatic heterocycles. The molecule has 0 bridgehead atoms. The summed E-state index contributed by atoms with van der Waals surface area (Å²) in [4.78, 5) is 34.0. The lowest BCUT2D eigenvalue weighted by Gasteiger charge is -2.01. The normalized spacial score (nSPS) is 19.7. The molecule has 0 unspecified atom stereocenters. The first-order chi connectivity index (χ1) is 7.00. The third-order valence-electron chi connectivity index (χ3n) is 2.04. The van der Waals surface area contributed by atoms with Crippen molar-refractivity contribution in [2.75, 3.05) is 33.7 Å². The van der Waals surface area contributed by atoms with Gasteiger partial charge in [-0.2, -0.15) is 0 Å². The van der Waals surface area contributed by atoms with Crippen molar-refractivity contribution in [2.24, 2.45) is 0 Å². The highest BCUT2D eigenvalue weighted by Crippen LogP contribution is 1.90. The minimum Gasteiger partial charge on any atom is -0.336 e. The monoisotopic (exact) mass is 214 g/mol. The highest BCUT2D eigenvalue weighted by Gasteiger charge is 2.21. The maximum Gasteiger partial charge on any atom is 0.324 e. The summed E-state index contributed by atoms with van der Waals surface area (Å²) < 4.78 is 0. The largest absolute Gasteiger partial charge is 0.336 e. The quantitative estimate of drug-likeness (QED) is 0.497. The minimum atomic E-state index is -0.310. The average molecular weight is 214 g/mol. The molecule has 0 saturated carbocycles. The van der Waals surface area contributed by atoms with E-state index in [9.17, 15) is 14.4 Å². The van der Waals surface area contributed by atoms with E-state index in [-0.39, 0.29) is 24.5 Å². The molecule has 0 aromatic heterocycles. The van der Waals surface area contributed by atoms with E-state index >= 15 is 0 Å². The molecule has 2 aliphatic rings. The van der Waals surface area contributed by atoms with Crippen molar-refractivity contribution in [1.82, 2.24) is 20.4 Å². The van der Waals surface area contributed by atoms with Gasteiger partial charge in [-0.15, -0.1) is 0 Å². The molecule has 7 heteroatoms. The Balaban J connectivity index is 0.000000151.